The Morgan fingerprint density at radius 3 is 2.50 bits per heavy atom. The molecule has 1 N–H and O–H groups in total. The molecule has 0 saturated carbocycles. The Hall–Kier alpha value is -3.92. The lowest BCUT2D eigenvalue weighted by Crippen LogP contribution is -2.39. The zero-order chi connectivity index (χ0) is 24.1. The van der Waals surface area contributed by atoms with Crippen LogP contribution in [0.15, 0.2) is 76.7 Å². The molecule has 1 amide bonds. The maximum absolute atomic E-state index is 13.4. The Bertz CT molecular complexity index is 1310. The van der Waals surface area contributed by atoms with E-state index in [1.807, 2.05) is 6.92 Å². The monoisotopic (exact) mass is 483 g/mol. The van der Waals surface area contributed by atoms with Crippen molar-refractivity contribution >= 4 is 27.8 Å². The fourth-order valence-corrected chi connectivity index (χ4v) is 4.72. The van der Waals surface area contributed by atoms with E-state index in [1.54, 1.807) is 30.3 Å². The highest BCUT2D eigenvalue weighted by atomic mass is 32.2. The average molecular weight is 484 g/mol. The van der Waals surface area contributed by atoms with Crippen molar-refractivity contribution in [2.24, 2.45) is 5.10 Å². The number of hydrazone groups is 1. The largest absolute Gasteiger partial charge is 0.486 e. The Labute approximate surface area is 196 Å². The third-order valence-electron chi connectivity index (χ3n) is 5.00. The smallest absolute Gasteiger partial charge is 0.264 e. The van der Waals surface area contributed by atoms with Gasteiger partial charge in [0.2, 0.25) is 0 Å². The van der Waals surface area contributed by atoms with Crippen molar-refractivity contribution in [1.29, 1.82) is 0 Å². The molecule has 0 fully saturated rings. The molecule has 0 radical (unpaired) electrons. The van der Waals surface area contributed by atoms with Crippen LogP contribution in [0.2, 0.25) is 0 Å². The van der Waals surface area contributed by atoms with Crippen LogP contribution in [0.4, 0.5) is 10.1 Å². The Morgan fingerprint density at radius 2 is 1.76 bits per heavy atom. The van der Waals surface area contributed by atoms with E-state index in [-0.39, 0.29) is 10.6 Å². The predicted octanol–water partition coefficient (Wildman–Crippen LogP) is 3.25. The molecule has 8 nitrogen and oxygen atoms in total. The molecule has 1 aliphatic heterocycles. The number of anilines is 1. The third kappa shape index (κ3) is 5.18. The summed E-state index contributed by atoms with van der Waals surface area (Å²) in [5, 5.41) is 3.94. The second-order valence-electron chi connectivity index (χ2n) is 7.47. The van der Waals surface area contributed by atoms with Crippen molar-refractivity contribution < 1.29 is 27.1 Å². The number of rotatable bonds is 7. The van der Waals surface area contributed by atoms with E-state index in [1.165, 1.54) is 30.5 Å². The number of fused-ring (bicyclic) bond motifs is 1. The molecule has 0 aliphatic carbocycles. The van der Waals surface area contributed by atoms with Crippen LogP contribution < -0.4 is 19.2 Å². The van der Waals surface area contributed by atoms with Crippen molar-refractivity contribution in [1.82, 2.24) is 5.43 Å². The van der Waals surface area contributed by atoms with Crippen LogP contribution in [-0.4, -0.2) is 40.3 Å². The molecule has 4 rings (SSSR count). The summed E-state index contributed by atoms with van der Waals surface area (Å²) in [4.78, 5) is 12.7. The lowest BCUT2D eigenvalue weighted by atomic mass is 10.2. The van der Waals surface area contributed by atoms with Gasteiger partial charge in [-0.1, -0.05) is 23.8 Å². The van der Waals surface area contributed by atoms with Crippen molar-refractivity contribution in [3.05, 3.63) is 83.7 Å². The zero-order valence-corrected chi connectivity index (χ0v) is 19.1. The maximum atomic E-state index is 13.4. The van der Waals surface area contributed by atoms with E-state index in [9.17, 15) is 17.6 Å². The number of aryl methyl sites for hydroxylation is 1. The van der Waals surface area contributed by atoms with Crippen LogP contribution in [0.1, 0.15) is 11.1 Å². The quantitative estimate of drug-likeness (QED) is 0.411. The summed E-state index contributed by atoms with van der Waals surface area (Å²) in [6.45, 7) is 2.11. The molecular weight excluding hydrogens is 461 g/mol. The number of hydrogen-bond acceptors (Lipinski definition) is 6. The van der Waals surface area contributed by atoms with Crippen LogP contribution in [0.5, 0.6) is 11.5 Å². The first-order chi connectivity index (χ1) is 16.3. The van der Waals surface area contributed by atoms with Gasteiger partial charge in [-0.25, -0.2) is 18.2 Å². The van der Waals surface area contributed by atoms with E-state index >= 15 is 0 Å². The van der Waals surface area contributed by atoms with Crippen molar-refractivity contribution in [3.63, 3.8) is 0 Å². The number of carbonyl (C=O) groups excluding carboxylic acids is 1. The number of carbonyl (C=O) groups is 1. The molecule has 0 unspecified atom stereocenters. The van der Waals surface area contributed by atoms with Gasteiger partial charge in [0.1, 0.15) is 25.6 Å². The molecule has 10 heteroatoms. The number of halogens is 1. The SMILES string of the molecule is Cc1ccc(S(=O)(=O)N(CC(=O)N/N=C\c2cccc3c2OCCO3)c2ccc(F)cc2)cc1. The van der Waals surface area contributed by atoms with E-state index in [0.717, 1.165) is 22.0 Å². The molecule has 1 aliphatic rings. The van der Waals surface area contributed by atoms with Gasteiger partial charge in [-0.15, -0.1) is 0 Å². The number of para-hydroxylation sites is 1. The minimum absolute atomic E-state index is 0.00629. The van der Waals surface area contributed by atoms with Crippen LogP contribution in [-0.2, 0) is 14.8 Å². The Kier molecular flexibility index (Phi) is 6.78. The maximum Gasteiger partial charge on any atom is 0.264 e. The number of amides is 1. The molecule has 0 bridgehead atoms. The summed E-state index contributed by atoms with van der Waals surface area (Å²) in [5.41, 5.74) is 3.96. The number of nitrogens with one attached hydrogen (secondary N) is 1. The van der Waals surface area contributed by atoms with E-state index < -0.39 is 28.3 Å². The van der Waals surface area contributed by atoms with Crippen molar-refractivity contribution in [2.45, 2.75) is 11.8 Å². The molecule has 3 aromatic carbocycles. The molecule has 1 heterocycles. The first-order valence-corrected chi connectivity index (χ1v) is 11.8. The van der Waals surface area contributed by atoms with Gasteiger partial charge in [0, 0.05) is 5.56 Å². The second-order valence-corrected chi connectivity index (χ2v) is 9.33. The highest BCUT2D eigenvalue weighted by molar-refractivity contribution is 7.92. The summed E-state index contributed by atoms with van der Waals surface area (Å²) in [7, 11) is -4.11. The highest BCUT2D eigenvalue weighted by Gasteiger charge is 2.27. The number of ether oxygens (including phenoxy) is 2. The predicted molar refractivity (Wildman–Crippen MR) is 125 cm³/mol. The summed E-state index contributed by atoms with van der Waals surface area (Å²) in [5.74, 6) is -0.115. The van der Waals surface area contributed by atoms with E-state index in [2.05, 4.69) is 10.5 Å². The lowest BCUT2D eigenvalue weighted by Gasteiger charge is -2.23. The van der Waals surface area contributed by atoms with Gasteiger partial charge in [0.15, 0.2) is 11.5 Å². The molecule has 0 atom stereocenters. The van der Waals surface area contributed by atoms with Gasteiger partial charge in [-0.2, -0.15) is 5.10 Å². The molecule has 0 aromatic heterocycles. The van der Waals surface area contributed by atoms with Crippen molar-refractivity contribution in [2.75, 3.05) is 24.1 Å². The minimum atomic E-state index is -4.11. The molecule has 0 spiro atoms. The summed E-state index contributed by atoms with van der Waals surface area (Å²) < 4.78 is 52.1. The fourth-order valence-electron chi connectivity index (χ4n) is 3.30. The van der Waals surface area contributed by atoms with E-state index in [4.69, 9.17) is 9.47 Å². The Balaban J connectivity index is 1.54. The van der Waals surface area contributed by atoms with E-state index in [0.29, 0.717) is 30.3 Å². The second kappa shape index (κ2) is 9.92. The molecule has 34 heavy (non-hydrogen) atoms. The average Bonchev–Trinajstić information content (AvgIpc) is 2.83. The minimum Gasteiger partial charge on any atom is -0.486 e. The van der Waals surface area contributed by atoms with Gasteiger partial charge < -0.3 is 9.47 Å². The van der Waals surface area contributed by atoms with Gasteiger partial charge in [0.25, 0.3) is 15.9 Å². The number of nitrogens with zero attached hydrogens (tertiary/aromatic N) is 2. The topological polar surface area (TPSA) is 97.3 Å². The third-order valence-corrected chi connectivity index (χ3v) is 6.79. The van der Waals surface area contributed by atoms with Gasteiger partial charge in [-0.3, -0.25) is 9.10 Å². The molecule has 0 saturated heterocycles. The van der Waals surface area contributed by atoms with Crippen LogP contribution in [0.25, 0.3) is 0 Å². The fraction of sp³-hybridized carbons (Fsp3) is 0.167. The summed E-state index contributed by atoms with van der Waals surface area (Å²) in [6.07, 6.45) is 1.39. The van der Waals surface area contributed by atoms with Crippen LogP contribution >= 0.6 is 0 Å². The normalized spacial score (nSPS) is 13.0. The standard InChI is InChI=1S/C24H22FN3O5S/c1-17-5-11-21(12-6-17)34(30,31)28(20-9-7-19(25)8-10-20)16-23(29)27-26-15-18-3-2-4-22-24(18)33-14-13-32-22/h2-12,15H,13-14,16H2,1H3,(H,27,29)/b26-15-. The first kappa shape index (κ1) is 23.2. The lowest BCUT2D eigenvalue weighted by molar-refractivity contribution is -0.119. The van der Waals surface area contributed by atoms with Gasteiger partial charge in [-0.05, 0) is 55.5 Å². The number of benzene rings is 3. The van der Waals surface area contributed by atoms with Gasteiger partial charge in [0.05, 0.1) is 16.8 Å². The number of hydrogen-bond donors (Lipinski definition) is 1. The molecule has 3 aromatic rings. The summed E-state index contributed by atoms with van der Waals surface area (Å²) in [6, 6.07) is 16.4. The zero-order valence-electron chi connectivity index (χ0n) is 18.3. The number of sulfonamides is 1. The van der Waals surface area contributed by atoms with Gasteiger partial charge >= 0.3 is 0 Å². The van der Waals surface area contributed by atoms with Crippen LogP contribution in [0, 0.1) is 12.7 Å². The van der Waals surface area contributed by atoms with Crippen LogP contribution in [0.3, 0.4) is 0 Å². The van der Waals surface area contributed by atoms with Crippen molar-refractivity contribution in [3.8, 4) is 11.5 Å². The molecule has 176 valence electrons. The first-order valence-electron chi connectivity index (χ1n) is 10.4. The highest BCUT2D eigenvalue weighted by Crippen LogP contribution is 2.32. The molecular formula is C24H22FN3O5S. The Morgan fingerprint density at radius 1 is 1.06 bits per heavy atom. The summed E-state index contributed by atoms with van der Waals surface area (Å²) >= 11 is 0.